The number of hydrazone groups is 1. The number of nitriles is 1. The van der Waals surface area contributed by atoms with Gasteiger partial charge in [0, 0.05) is 28.1 Å². The van der Waals surface area contributed by atoms with Crippen molar-refractivity contribution in [3.05, 3.63) is 74.1 Å². The predicted octanol–water partition coefficient (Wildman–Crippen LogP) is 4.71. The molecule has 0 spiro atoms. The largest absolute Gasteiger partial charge is 0.277 e. The van der Waals surface area contributed by atoms with Gasteiger partial charge in [0.25, 0.3) is 5.69 Å². The second kappa shape index (κ2) is 7.74. The summed E-state index contributed by atoms with van der Waals surface area (Å²) in [5.41, 5.74) is 4.97. The number of hydrogen-bond donors (Lipinski definition) is 1. The molecule has 7 nitrogen and oxygen atoms in total. The van der Waals surface area contributed by atoms with Crippen LogP contribution in [0.5, 0.6) is 0 Å². The van der Waals surface area contributed by atoms with E-state index in [-0.39, 0.29) is 11.4 Å². The van der Waals surface area contributed by atoms with Gasteiger partial charge in [0.05, 0.1) is 16.3 Å². The van der Waals surface area contributed by atoms with Gasteiger partial charge in [-0.1, -0.05) is 11.6 Å². The molecule has 1 aromatic heterocycles. The third kappa shape index (κ3) is 4.03. The van der Waals surface area contributed by atoms with E-state index in [1.807, 2.05) is 6.07 Å². The Morgan fingerprint density at radius 1 is 1.23 bits per heavy atom. The van der Waals surface area contributed by atoms with Crippen molar-refractivity contribution in [3.63, 3.8) is 0 Å². The zero-order valence-electron chi connectivity index (χ0n) is 13.1. The minimum atomic E-state index is -0.459. The van der Waals surface area contributed by atoms with Crippen molar-refractivity contribution in [2.24, 2.45) is 5.10 Å². The molecule has 0 atom stereocenters. The molecule has 0 aliphatic heterocycles. The van der Waals surface area contributed by atoms with Crippen LogP contribution in [-0.2, 0) is 0 Å². The lowest BCUT2D eigenvalue weighted by atomic mass is 10.1. The first-order valence-electron chi connectivity index (χ1n) is 7.27. The van der Waals surface area contributed by atoms with E-state index >= 15 is 0 Å². The molecular formula is C17H10ClN5O2S. The molecule has 0 fully saturated rings. The maximum atomic E-state index is 10.7. The van der Waals surface area contributed by atoms with Crippen LogP contribution in [0.3, 0.4) is 0 Å². The van der Waals surface area contributed by atoms with Crippen molar-refractivity contribution >= 4 is 40.0 Å². The summed E-state index contributed by atoms with van der Waals surface area (Å²) in [7, 11) is 0. The molecule has 1 heterocycles. The Bertz CT molecular complexity index is 1010. The Morgan fingerprint density at radius 2 is 1.92 bits per heavy atom. The van der Waals surface area contributed by atoms with E-state index < -0.39 is 4.92 Å². The van der Waals surface area contributed by atoms with E-state index in [2.05, 4.69) is 15.5 Å². The van der Waals surface area contributed by atoms with Crippen molar-refractivity contribution in [1.29, 1.82) is 5.26 Å². The van der Waals surface area contributed by atoms with E-state index in [9.17, 15) is 15.4 Å². The molecular weight excluding hydrogens is 374 g/mol. The van der Waals surface area contributed by atoms with Crippen LogP contribution in [0.2, 0.25) is 5.02 Å². The number of nitro groups is 1. The molecule has 3 rings (SSSR count). The van der Waals surface area contributed by atoms with Crippen LogP contribution in [-0.4, -0.2) is 15.6 Å². The highest BCUT2D eigenvalue weighted by molar-refractivity contribution is 7.12. The third-order valence-electron chi connectivity index (χ3n) is 3.33. The number of anilines is 1. The van der Waals surface area contributed by atoms with E-state index in [1.54, 1.807) is 41.8 Å². The number of nitro benzene ring substituents is 1. The summed E-state index contributed by atoms with van der Waals surface area (Å²) in [5.74, 6) is 0. The molecule has 3 aromatic rings. The molecule has 0 saturated heterocycles. The molecule has 128 valence electrons. The van der Waals surface area contributed by atoms with Crippen LogP contribution in [0, 0.1) is 21.4 Å². The van der Waals surface area contributed by atoms with Crippen molar-refractivity contribution in [3.8, 4) is 17.3 Å². The highest BCUT2D eigenvalue weighted by atomic mass is 35.5. The lowest BCUT2D eigenvalue weighted by molar-refractivity contribution is -0.384. The smallest absolute Gasteiger partial charge is 0.269 e. The van der Waals surface area contributed by atoms with Crippen LogP contribution < -0.4 is 5.43 Å². The highest BCUT2D eigenvalue weighted by Gasteiger charge is 2.12. The van der Waals surface area contributed by atoms with Crippen LogP contribution in [0.4, 0.5) is 11.4 Å². The van der Waals surface area contributed by atoms with Gasteiger partial charge in [-0.05, 0) is 36.4 Å². The second-order valence-corrected chi connectivity index (χ2v) is 6.33. The summed E-state index contributed by atoms with van der Waals surface area (Å²) in [6.45, 7) is 0. The molecule has 26 heavy (non-hydrogen) atoms. The van der Waals surface area contributed by atoms with Gasteiger partial charge in [0.15, 0.2) is 10.7 Å². The topological polar surface area (TPSA) is 104 Å². The van der Waals surface area contributed by atoms with Crippen LogP contribution in [0.15, 0.2) is 59.0 Å². The average molecular weight is 384 g/mol. The molecule has 0 aliphatic rings. The van der Waals surface area contributed by atoms with Crippen molar-refractivity contribution in [2.45, 2.75) is 0 Å². The molecule has 0 bridgehead atoms. The van der Waals surface area contributed by atoms with Gasteiger partial charge < -0.3 is 0 Å². The standard InChI is InChI=1S/C17H10ClN5O2S/c18-12-3-5-13(6-4-12)21-22-15(9-19)17-20-16(10-26-17)11-1-7-14(8-2-11)23(24)25/h1-8,10,21H/b22-15-. The van der Waals surface area contributed by atoms with Crippen molar-refractivity contribution < 1.29 is 4.92 Å². The van der Waals surface area contributed by atoms with Crippen molar-refractivity contribution in [1.82, 2.24) is 4.98 Å². The number of thiazole rings is 1. The Labute approximate surface area is 157 Å². The number of halogens is 1. The predicted molar refractivity (Wildman–Crippen MR) is 101 cm³/mol. The molecule has 0 aliphatic carbocycles. The first-order chi connectivity index (χ1) is 12.6. The van der Waals surface area contributed by atoms with E-state index in [1.165, 1.54) is 23.5 Å². The molecule has 0 radical (unpaired) electrons. The van der Waals surface area contributed by atoms with E-state index in [0.717, 1.165) is 5.56 Å². The van der Waals surface area contributed by atoms with Crippen molar-refractivity contribution in [2.75, 3.05) is 5.43 Å². The zero-order chi connectivity index (χ0) is 18.5. The summed E-state index contributed by atoms with van der Waals surface area (Å²) < 4.78 is 0. The molecule has 0 saturated carbocycles. The lowest BCUT2D eigenvalue weighted by Crippen LogP contribution is -2.01. The number of non-ortho nitro benzene ring substituents is 1. The average Bonchev–Trinajstić information content (AvgIpc) is 3.14. The van der Waals surface area contributed by atoms with Gasteiger partial charge in [0.1, 0.15) is 6.07 Å². The first-order valence-corrected chi connectivity index (χ1v) is 8.52. The van der Waals surface area contributed by atoms with Gasteiger partial charge in [-0.2, -0.15) is 10.4 Å². The highest BCUT2D eigenvalue weighted by Crippen LogP contribution is 2.24. The maximum Gasteiger partial charge on any atom is 0.269 e. The normalized spacial score (nSPS) is 11.0. The van der Waals surface area contributed by atoms with E-state index in [4.69, 9.17) is 11.6 Å². The van der Waals surface area contributed by atoms with E-state index in [0.29, 0.717) is 21.4 Å². The molecule has 0 amide bonds. The van der Waals surface area contributed by atoms with Gasteiger partial charge in [-0.3, -0.25) is 15.5 Å². The van der Waals surface area contributed by atoms with Gasteiger partial charge in [-0.25, -0.2) is 4.98 Å². The summed E-state index contributed by atoms with van der Waals surface area (Å²) >= 11 is 7.09. The second-order valence-electron chi connectivity index (χ2n) is 5.03. The fraction of sp³-hybridized carbons (Fsp3) is 0. The molecule has 1 N–H and O–H groups in total. The molecule has 2 aromatic carbocycles. The SMILES string of the molecule is N#C/C(=N/Nc1ccc(Cl)cc1)c1nc(-c2ccc([N+](=O)[O-])cc2)cs1. The number of hydrogen-bond acceptors (Lipinski definition) is 7. The number of benzene rings is 2. The summed E-state index contributed by atoms with van der Waals surface area (Å²) in [6.07, 6.45) is 0. The number of nitrogens with one attached hydrogen (secondary N) is 1. The summed E-state index contributed by atoms with van der Waals surface area (Å²) in [6, 6.07) is 15.0. The van der Waals surface area contributed by atoms with Gasteiger partial charge >= 0.3 is 0 Å². The third-order valence-corrected chi connectivity index (χ3v) is 4.43. The lowest BCUT2D eigenvalue weighted by Gasteiger charge is -2.00. The fourth-order valence-corrected chi connectivity index (χ4v) is 2.93. The minimum absolute atomic E-state index is 0.00986. The number of rotatable bonds is 5. The van der Waals surface area contributed by atoms with Gasteiger partial charge in [-0.15, -0.1) is 11.3 Å². The van der Waals surface area contributed by atoms with Crippen LogP contribution in [0.25, 0.3) is 11.3 Å². The van der Waals surface area contributed by atoms with Crippen LogP contribution >= 0.6 is 22.9 Å². The Balaban J connectivity index is 1.80. The minimum Gasteiger partial charge on any atom is -0.277 e. The number of aromatic nitrogens is 1. The summed E-state index contributed by atoms with van der Waals surface area (Å²) in [4.78, 5) is 14.6. The maximum absolute atomic E-state index is 10.7. The monoisotopic (exact) mass is 383 g/mol. The summed E-state index contributed by atoms with van der Waals surface area (Å²) in [5, 5.41) is 26.9. The molecule has 9 heteroatoms. The zero-order valence-corrected chi connectivity index (χ0v) is 14.7. The van der Waals surface area contributed by atoms with Crippen LogP contribution in [0.1, 0.15) is 5.01 Å². The quantitative estimate of drug-likeness (QED) is 0.390. The first kappa shape index (κ1) is 17.5. The Hall–Kier alpha value is -3.28. The number of nitrogens with zero attached hydrogens (tertiary/aromatic N) is 4. The Kier molecular flexibility index (Phi) is 5.22. The molecule has 0 unspecified atom stereocenters. The fourth-order valence-electron chi connectivity index (χ4n) is 2.03. The Morgan fingerprint density at radius 3 is 2.54 bits per heavy atom. The van der Waals surface area contributed by atoms with Gasteiger partial charge in [0.2, 0.25) is 0 Å².